The number of fused-ring (bicyclic) bond motifs is 1. The van der Waals surface area contributed by atoms with Gasteiger partial charge >= 0.3 is 5.69 Å². The molecule has 0 spiro atoms. The number of para-hydroxylation sites is 2. The number of carbonyl (C=O) groups is 1. The fourth-order valence-electron chi connectivity index (χ4n) is 3.40. The van der Waals surface area contributed by atoms with E-state index < -0.39 is 5.69 Å². The number of amides is 1. The van der Waals surface area contributed by atoms with Crippen LogP contribution in [-0.4, -0.2) is 15.0 Å². The Kier molecular flexibility index (Phi) is 5.49. The van der Waals surface area contributed by atoms with Gasteiger partial charge in [-0.2, -0.15) is 0 Å². The molecule has 146 valence electrons. The number of hydrogen-bond donors (Lipinski definition) is 1. The summed E-state index contributed by atoms with van der Waals surface area (Å²) < 4.78 is 2.63. The number of anilines is 1. The molecule has 6 heteroatoms. The van der Waals surface area contributed by atoms with Crippen molar-refractivity contribution in [2.45, 2.75) is 46.7 Å². The van der Waals surface area contributed by atoms with Crippen LogP contribution in [0.1, 0.15) is 37.4 Å². The molecular weight excluding hydrogens is 354 g/mol. The molecule has 0 bridgehead atoms. The average molecular weight is 379 g/mol. The van der Waals surface area contributed by atoms with Crippen molar-refractivity contribution >= 4 is 22.5 Å². The van der Waals surface area contributed by atoms with E-state index in [0.717, 1.165) is 16.8 Å². The molecule has 28 heavy (non-hydrogen) atoms. The summed E-state index contributed by atoms with van der Waals surface area (Å²) in [4.78, 5) is 38.6. The molecule has 0 saturated heterocycles. The number of nitrogens with zero attached hydrogens (tertiary/aromatic N) is 2. The first-order chi connectivity index (χ1) is 13.3. The maximum absolute atomic E-state index is 13.1. The largest absolute Gasteiger partial charge is 0.332 e. The van der Waals surface area contributed by atoms with Gasteiger partial charge in [0.2, 0.25) is 5.91 Å². The van der Waals surface area contributed by atoms with Crippen molar-refractivity contribution in [2.24, 2.45) is 0 Å². The fourth-order valence-corrected chi connectivity index (χ4v) is 3.40. The summed E-state index contributed by atoms with van der Waals surface area (Å²) in [5.41, 5.74) is 2.34. The minimum atomic E-state index is -0.463. The van der Waals surface area contributed by atoms with Crippen molar-refractivity contribution in [3.63, 3.8) is 0 Å². The zero-order valence-corrected chi connectivity index (χ0v) is 16.7. The second kappa shape index (κ2) is 7.84. The molecule has 3 aromatic rings. The van der Waals surface area contributed by atoms with Crippen LogP contribution >= 0.6 is 0 Å². The maximum Gasteiger partial charge on any atom is 0.332 e. The van der Waals surface area contributed by atoms with Crippen LogP contribution in [0.15, 0.2) is 52.1 Å². The lowest BCUT2D eigenvalue weighted by atomic mass is 10.1. The Hall–Kier alpha value is -3.15. The van der Waals surface area contributed by atoms with Crippen LogP contribution in [0.2, 0.25) is 0 Å². The van der Waals surface area contributed by atoms with Gasteiger partial charge in [0.1, 0.15) is 6.54 Å². The Morgan fingerprint density at radius 3 is 2.32 bits per heavy atom. The Bertz CT molecular complexity index is 1140. The second-order valence-corrected chi connectivity index (χ2v) is 7.13. The molecular formula is C22H25N3O3. The molecule has 0 fully saturated rings. The van der Waals surface area contributed by atoms with E-state index in [2.05, 4.69) is 5.32 Å². The molecule has 1 amide bonds. The van der Waals surface area contributed by atoms with Gasteiger partial charge in [-0.1, -0.05) is 37.3 Å². The Balaban J connectivity index is 2.09. The van der Waals surface area contributed by atoms with Crippen LogP contribution in [0.5, 0.6) is 0 Å². The van der Waals surface area contributed by atoms with Crippen molar-refractivity contribution in [3.8, 4) is 0 Å². The number of aryl methyl sites for hydroxylation is 2. The zero-order chi connectivity index (χ0) is 20.4. The van der Waals surface area contributed by atoms with Crippen LogP contribution in [0, 0.1) is 13.8 Å². The molecule has 1 aromatic heterocycles. The van der Waals surface area contributed by atoms with Gasteiger partial charge in [-0.3, -0.25) is 18.7 Å². The molecule has 1 N–H and O–H groups in total. The normalized spacial score (nSPS) is 12.1. The first-order valence-corrected chi connectivity index (χ1v) is 9.45. The molecule has 1 heterocycles. The summed E-state index contributed by atoms with van der Waals surface area (Å²) in [6.45, 7) is 7.44. The van der Waals surface area contributed by atoms with E-state index in [1.54, 1.807) is 24.3 Å². The third-order valence-corrected chi connectivity index (χ3v) is 5.16. The van der Waals surface area contributed by atoms with Gasteiger partial charge < -0.3 is 5.32 Å². The summed E-state index contributed by atoms with van der Waals surface area (Å²) in [5.74, 6) is -0.306. The van der Waals surface area contributed by atoms with E-state index in [4.69, 9.17) is 0 Å². The number of rotatable bonds is 5. The van der Waals surface area contributed by atoms with Crippen molar-refractivity contribution in [1.29, 1.82) is 0 Å². The van der Waals surface area contributed by atoms with Gasteiger partial charge in [0.25, 0.3) is 5.56 Å². The SMILES string of the molecule is CCC(C)n1c(=O)c2ccccc2n(CC(=O)Nc2c(C)cccc2C)c1=O. The summed E-state index contributed by atoms with van der Waals surface area (Å²) in [6.07, 6.45) is 0.641. The van der Waals surface area contributed by atoms with E-state index >= 15 is 0 Å². The van der Waals surface area contributed by atoms with Crippen molar-refractivity contribution < 1.29 is 4.79 Å². The van der Waals surface area contributed by atoms with E-state index in [1.807, 2.05) is 45.9 Å². The maximum atomic E-state index is 13.1. The van der Waals surface area contributed by atoms with Gasteiger partial charge in [0, 0.05) is 11.7 Å². The van der Waals surface area contributed by atoms with Crippen LogP contribution in [0.25, 0.3) is 10.9 Å². The van der Waals surface area contributed by atoms with Crippen molar-refractivity contribution in [3.05, 3.63) is 74.4 Å². The molecule has 0 aliphatic carbocycles. The highest BCUT2D eigenvalue weighted by Crippen LogP contribution is 2.19. The molecule has 1 atom stereocenters. The highest BCUT2D eigenvalue weighted by Gasteiger charge is 2.18. The summed E-state index contributed by atoms with van der Waals surface area (Å²) in [7, 11) is 0. The molecule has 0 radical (unpaired) electrons. The van der Waals surface area contributed by atoms with Gasteiger partial charge in [-0.15, -0.1) is 0 Å². The lowest BCUT2D eigenvalue weighted by Gasteiger charge is -2.18. The Morgan fingerprint density at radius 2 is 1.68 bits per heavy atom. The molecule has 2 aromatic carbocycles. The summed E-state index contributed by atoms with van der Waals surface area (Å²) >= 11 is 0. The molecule has 1 unspecified atom stereocenters. The number of nitrogens with one attached hydrogen (secondary N) is 1. The first kappa shape index (κ1) is 19.6. The number of hydrogen-bond acceptors (Lipinski definition) is 3. The summed E-state index contributed by atoms with van der Waals surface area (Å²) in [5, 5.41) is 3.34. The minimum absolute atomic E-state index is 0.163. The average Bonchev–Trinajstić information content (AvgIpc) is 2.68. The number of carbonyl (C=O) groups excluding carboxylic acids is 1. The lowest BCUT2D eigenvalue weighted by Crippen LogP contribution is -2.43. The van der Waals surface area contributed by atoms with E-state index in [0.29, 0.717) is 17.3 Å². The predicted molar refractivity (Wildman–Crippen MR) is 112 cm³/mol. The van der Waals surface area contributed by atoms with E-state index in [1.165, 1.54) is 9.13 Å². The van der Waals surface area contributed by atoms with E-state index in [9.17, 15) is 14.4 Å². The highest BCUT2D eigenvalue weighted by molar-refractivity contribution is 5.93. The third-order valence-electron chi connectivity index (χ3n) is 5.16. The second-order valence-electron chi connectivity index (χ2n) is 7.13. The molecule has 3 rings (SSSR count). The van der Waals surface area contributed by atoms with Crippen molar-refractivity contribution in [2.75, 3.05) is 5.32 Å². The topological polar surface area (TPSA) is 73.1 Å². The lowest BCUT2D eigenvalue weighted by molar-refractivity contribution is -0.116. The summed E-state index contributed by atoms with van der Waals surface area (Å²) in [6, 6.07) is 12.4. The quantitative estimate of drug-likeness (QED) is 0.738. The number of benzene rings is 2. The Labute approximate surface area is 163 Å². The molecule has 0 aliphatic heterocycles. The van der Waals surface area contributed by atoms with Gasteiger partial charge in [0.15, 0.2) is 0 Å². The minimum Gasteiger partial charge on any atom is -0.324 e. The van der Waals surface area contributed by atoms with Crippen LogP contribution in [0.4, 0.5) is 5.69 Å². The van der Waals surface area contributed by atoms with Crippen LogP contribution in [-0.2, 0) is 11.3 Å². The standard InChI is InChI=1S/C22H25N3O3/c1-5-16(4)25-21(27)17-11-6-7-12-18(17)24(22(25)28)13-19(26)23-20-14(2)9-8-10-15(20)3/h6-12,16H,5,13H2,1-4H3,(H,23,26). The molecule has 0 saturated carbocycles. The molecule has 6 nitrogen and oxygen atoms in total. The third kappa shape index (κ3) is 3.50. The predicted octanol–water partition coefficient (Wildman–Crippen LogP) is 3.39. The van der Waals surface area contributed by atoms with Gasteiger partial charge in [-0.05, 0) is 50.5 Å². The first-order valence-electron chi connectivity index (χ1n) is 9.45. The molecule has 0 aliphatic rings. The smallest absolute Gasteiger partial charge is 0.324 e. The van der Waals surface area contributed by atoms with Gasteiger partial charge in [0.05, 0.1) is 10.9 Å². The Morgan fingerprint density at radius 1 is 1.04 bits per heavy atom. The highest BCUT2D eigenvalue weighted by atomic mass is 16.2. The fraction of sp³-hybridized carbons (Fsp3) is 0.318. The van der Waals surface area contributed by atoms with Crippen LogP contribution in [0.3, 0.4) is 0 Å². The van der Waals surface area contributed by atoms with Gasteiger partial charge in [-0.25, -0.2) is 4.79 Å². The van der Waals surface area contributed by atoms with E-state index in [-0.39, 0.29) is 24.1 Å². The van der Waals surface area contributed by atoms with Crippen molar-refractivity contribution in [1.82, 2.24) is 9.13 Å². The monoisotopic (exact) mass is 379 g/mol. The number of aromatic nitrogens is 2. The van der Waals surface area contributed by atoms with Crippen LogP contribution < -0.4 is 16.6 Å². The zero-order valence-electron chi connectivity index (χ0n) is 16.7.